The van der Waals surface area contributed by atoms with Gasteiger partial charge in [-0.25, -0.2) is 0 Å². The second-order valence-electron chi connectivity index (χ2n) is 10.8. The van der Waals surface area contributed by atoms with Gasteiger partial charge in [0.1, 0.15) is 5.75 Å². The largest absolute Gasteiger partial charge is 0.493 e. The lowest BCUT2D eigenvalue weighted by atomic mass is 9.87. The molecule has 2 aromatic carbocycles. The highest BCUT2D eigenvalue weighted by Gasteiger charge is 2.22. The zero-order chi connectivity index (χ0) is 28.9. The summed E-state index contributed by atoms with van der Waals surface area (Å²) in [5.41, 5.74) is 7.09. The third kappa shape index (κ3) is 6.93. The second-order valence-corrected chi connectivity index (χ2v) is 10.8. The molecule has 6 heteroatoms. The Balaban J connectivity index is 0.000000542. The first-order chi connectivity index (χ1) is 18.5. The number of nitrogens with zero attached hydrogens (tertiary/aromatic N) is 2. The minimum Gasteiger partial charge on any atom is -0.493 e. The van der Waals surface area contributed by atoms with E-state index < -0.39 is 11.6 Å². The van der Waals surface area contributed by atoms with Gasteiger partial charge in [-0.05, 0) is 92.6 Å². The Labute approximate surface area is 232 Å². The number of aromatic nitrogens is 2. The van der Waals surface area contributed by atoms with Gasteiger partial charge in [-0.2, -0.15) is 0 Å². The zero-order valence-corrected chi connectivity index (χ0v) is 24.6. The van der Waals surface area contributed by atoms with Crippen LogP contribution in [0.5, 0.6) is 5.75 Å². The number of fused-ring (bicyclic) bond motifs is 1. The predicted octanol–water partition coefficient (Wildman–Crippen LogP) is 7.64. The predicted molar refractivity (Wildman–Crippen MR) is 160 cm³/mol. The van der Waals surface area contributed by atoms with Crippen molar-refractivity contribution in [3.05, 3.63) is 65.0 Å². The number of ether oxygens (including phenoxy) is 1. The fourth-order valence-electron chi connectivity index (χ4n) is 4.74. The van der Waals surface area contributed by atoms with Crippen molar-refractivity contribution in [3.8, 4) is 16.9 Å². The van der Waals surface area contributed by atoms with Gasteiger partial charge in [0.2, 0.25) is 0 Å². The number of aryl methyl sites for hydroxylation is 1. The molecule has 0 fully saturated rings. The average Bonchev–Trinajstić information content (AvgIpc) is 2.89. The highest BCUT2D eigenvalue weighted by Crippen LogP contribution is 2.42. The highest BCUT2D eigenvalue weighted by molar-refractivity contribution is 6.07. The number of carbonyl (C=O) groups is 1. The third-order valence-electron chi connectivity index (χ3n) is 6.63. The van der Waals surface area contributed by atoms with Gasteiger partial charge < -0.3 is 14.9 Å². The van der Waals surface area contributed by atoms with E-state index in [0.717, 1.165) is 68.3 Å². The molecular formula is C33H42N2O4. The van der Waals surface area contributed by atoms with E-state index in [2.05, 4.69) is 26.0 Å². The number of rotatable bonds is 5. The minimum absolute atomic E-state index is 0.0519. The first-order valence-corrected chi connectivity index (χ1v) is 13.9. The minimum atomic E-state index is -0.850. The normalized spacial score (nSPS) is 13.1. The van der Waals surface area contributed by atoms with E-state index >= 15 is 0 Å². The van der Waals surface area contributed by atoms with Crippen LogP contribution in [-0.4, -0.2) is 38.4 Å². The zero-order valence-electron chi connectivity index (χ0n) is 24.6. The van der Waals surface area contributed by atoms with Crippen LogP contribution in [0.25, 0.3) is 32.9 Å². The maximum atomic E-state index is 11.8. The molecule has 5 rings (SSSR count). The Morgan fingerprint density at radius 2 is 1.82 bits per heavy atom. The van der Waals surface area contributed by atoms with Gasteiger partial charge in [0.15, 0.2) is 0 Å². The fraction of sp³-hybridized carbons (Fsp3) is 0.424. The van der Waals surface area contributed by atoms with Gasteiger partial charge >= 0.3 is 5.97 Å². The molecular weight excluding hydrogens is 488 g/mol. The molecule has 1 aliphatic rings. The van der Waals surface area contributed by atoms with Gasteiger partial charge in [0, 0.05) is 34.6 Å². The van der Waals surface area contributed by atoms with Gasteiger partial charge in [0.05, 0.1) is 29.7 Å². The first-order valence-electron chi connectivity index (χ1n) is 13.9. The molecule has 0 radical (unpaired) electrons. The Hall–Kier alpha value is -3.51. The molecule has 1 unspecified atom stereocenters. The van der Waals surface area contributed by atoms with Crippen LogP contribution in [0.15, 0.2) is 42.6 Å². The van der Waals surface area contributed by atoms with E-state index in [1.165, 1.54) is 5.56 Å². The quantitative estimate of drug-likeness (QED) is 0.275. The van der Waals surface area contributed by atoms with Crippen LogP contribution >= 0.6 is 0 Å². The van der Waals surface area contributed by atoms with E-state index in [1.807, 2.05) is 51.2 Å². The van der Waals surface area contributed by atoms with E-state index in [1.54, 1.807) is 20.8 Å². The Kier molecular flexibility index (Phi) is 9.68. The molecule has 1 atom stereocenters. The van der Waals surface area contributed by atoms with Crippen molar-refractivity contribution in [2.24, 2.45) is 0 Å². The first kappa shape index (κ1) is 30.0. The van der Waals surface area contributed by atoms with Crippen molar-refractivity contribution < 1.29 is 19.7 Å². The maximum Gasteiger partial charge on any atom is 0.307 e. The summed E-state index contributed by atoms with van der Waals surface area (Å²) in [6, 6.07) is 12.2. The standard InChI is InChI=1S/C27H26N2O3.C4H10O.C2H6/c1-4-15(2)21-7-5-18-22(29-21)13-16(3)20(14-24(30)31)26(18)19-6-8-23-25-17(10-12-32-23)9-11-28-27(19)25;1-4(2,3)5;1-2/h5-9,11,13,15H,4,10,12,14H2,1-3H3,(H,30,31);5H,1-3H3;1-2H3. The summed E-state index contributed by atoms with van der Waals surface area (Å²) in [7, 11) is 0. The third-order valence-corrected chi connectivity index (χ3v) is 6.63. The van der Waals surface area contributed by atoms with Gasteiger partial charge in [0.25, 0.3) is 0 Å². The van der Waals surface area contributed by atoms with E-state index in [0.29, 0.717) is 12.5 Å². The Morgan fingerprint density at radius 1 is 1.13 bits per heavy atom. The molecule has 208 valence electrons. The van der Waals surface area contributed by atoms with Crippen molar-refractivity contribution >= 4 is 27.8 Å². The van der Waals surface area contributed by atoms with Crippen LogP contribution in [0.1, 0.15) is 83.2 Å². The summed E-state index contributed by atoms with van der Waals surface area (Å²) in [4.78, 5) is 21.5. The fourth-order valence-corrected chi connectivity index (χ4v) is 4.74. The summed E-state index contributed by atoms with van der Waals surface area (Å²) < 4.78 is 5.90. The van der Waals surface area contributed by atoms with Crippen LogP contribution in [0, 0.1) is 6.92 Å². The molecule has 4 aromatic rings. The molecule has 0 saturated carbocycles. The topological polar surface area (TPSA) is 92.5 Å². The van der Waals surface area contributed by atoms with Crippen LogP contribution in [0.3, 0.4) is 0 Å². The number of aliphatic hydroxyl groups is 1. The highest BCUT2D eigenvalue weighted by atomic mass is 16.5. The SMILES string of the molecule is CC.CC(C)(C)O.CCC(C)c1ccc2c(-c3ccc4c5c(ccnc35)CCO4)c(CC(=O)O)c(C)cc2n1. The molecule has 2 aromatic heterocycles. The summed E-state index contributed by atoms with van der Waals surface area (Å²) in [6.45, 7) is 16.2. The molecule has 0 spiro atoms. The number of hydrogen-bond donors (Lipinski definition) is 2. The lowest BCUT2D eigenvalue weighted by Crippen LogP contribution is -2.10. The van der Waals surface area contributed by atoms with Crippen molar-refractivity contribution in [1.29, 1.82) is 0 Å². The molecule has 0 amide bonds. The van der Waals surface area contributed by atoms with E-state index in [9.17, 15) is 9.90 Å². The number of benzene rings is 2. The van der Waals surface area contributed by atoms with Crippen LogP contribution in [0.4, 0.5) is 0 Å². The molecule has 2 N–H and O–H groups in total. The average molecular weight is 531 g/mol. The molecule has 0 saturated heterocycles. The number of pyridine rings is 2. The van der Waals surface area contributed by atoms with Crippen molar-refractivity contribution in [1.82, 2.24) is 9.97 Å². The molecule has 6 nitrogen and oxygen atoms in total. The number of hydrogen-bond acceptors (Lipinski definition) is 5. The molecule has 3 heterocycles. The van der Waals surface area contributed by atoms with Crippen LogP contribution in [0.2, 0.25) is 0 Å². The summed E-state index contributed by atoms with van der Waals surface area (Å²) in [5, 5.41) is 20.2. The molecule has 0 bridgehead atoms. The van der Waals surface area contributed by atoms with Crippen LogP contribution < -0.4 is 4.74 Å². The summed E-state index contributed by atoms with van der Waals surface area (Å²) >= 11 is 0. The molecule has 1 aliphatic heterocycles. The lowest BCUT2D eigenvalue weighted by Gasteiger charge is -2.22. The van der Waals surface area contributed by atoms with Gasteiger partial charge in [-0.3, -0.25) is 14.8 Å². The van der Waals surface area contributed by atoms with Gasteiger partial charge in [-0.1, -0.05) is 33.8 Å². The maximum absolute atomic E-state index is 11.8. The number of carboxylic acids is 1. The molecule has 0 aliphatic carbocycles. The lowest BCUT2D eigenvalue weighted by molar-refractivity contribution is -0.136. The Morgan fingerprint density at radius 3 is 2.46 bits per heavy atom. The summed E-state index contributed by atoms with van der Waals surface area (Å²) in [6.07, 6.45) is 3.64. The number of aliphatic carboxylic acids is 1. The van der Waals surface area contributed by atoms with Crippen molar-refractivity contribution in [2.75, 3.05) is 6.61 Å². The number of carboxylic acid groups (broad SMARTS) is 1. The van der Waals surface area contributed by atoms with E-state index in [4.69, 9.17) is 19.8 Å². The summed E-state index contributed by atoms with van der Waals surface area (Å²) in [5.74, 6) is 0.352. The van der Waals surface area contributed by atoms with Crippen molar-refractivity contribution in [2.45, 2.75) is 86.2 Å². The monoisotopic (exact) mass is 530 g/mol. The van der Waals surface area contributed by atoms with E-state index in [-0.39, 0.29) is 6.42 Å². The van der Waals surface area contributed by atoms with Crippen LogP contribution in [-0.2, 0) is 17.6 Å². The smallest absolute Gasteiger partial charge is 0.307 e. The van der Waals surface area contributed by atoms with Gasteiger partial charge in [-0.15, -0.1) is 0 Å². The Bertz CT molecular complexity index is 1450. The molecule has 39 heavy (non-hydrogen) atoms. The second kappa shape index (κ2) is 12.6. The van der Waals surface area contributed by atoms with Crippen molar-refractivity contribution in [3.63, 3.8) is 0 Å².